The molecule has 120 valence electrons. The molecule has 0 unspecified atom stereocenters. The molecule has 5 heteroatoms. The lowest BCUT2D eigenvalue weighted by Gasteiger charge is -2.34. The Kier molecular flexibility index (Phi) is 4.62. The fourth-order valence-corrected chi connectivity index (χ4v) is 3.91. The van der Waals surface area contributed by atoms with Crippen molar-refractivity contribution in [1.82, 2.24) is 10.3 Å². The average Bonchev–Trinajstić information content (AvgIpc) is 2.97. The minimum atomic E-state index is -0.294. The van der Waals surface area contributed by atoms with Crippen LogP contribution in [0.1, 0.15) is 49.0 Å². The van der Waals surface area contributed by atoms with Crippen LogP contribution in [0.4, 0.5) is 5.82 Å². The number of hydrogen-bond donors (Lipinski definition) is 2. The van der Waals surface area contributed by atoms with Crippen molar-refractivity contribution in [3.8, 4) is 0 Å². The number of aromatic nitrogens is 1. The summed E-state index contributed by atoms with van der Waals surface area (Å²) in [6.45, 7) is 0.616. The van der Waals surface area contributed by atoms with E-state index in [0.717, 1.165) is 12.2 Å². The third-order valence-corrected chi connectivity index (χ3v) is 5.00. The molecule has 0 radical (unpaired) electrons. The largest absolute Gasteiger partial charge is 0.391 e. The van der Waals surface area contributed by atoms with Gasteiger partial charge in [0, 0.05) is 19.6 Å². The quantitative estimate of drug-likeness (QED) is 0.896. The number of amides is 1. The molecule has 1 saturated heterocycles. The summed E-state index contributed by atoms with van der Waals surface area (Å²) < 4.78 is 0. The van der Waals surface area contributed by atoms with Crippen LogP contribution in [0, 0.1) is 5.92 Å². The normalized spacial score (nSPS) is 26.2. The molecular weight excluding hydrogens is 278 g/mol. The van der Waals surface area contributed by atoms with Crippen molar-refractivity contribution in [3.63, 3.8) is 0 Å². The molecule has 1 aromatic rings. The second-order valence-corrected chi connectivity index (χ2v) is 6.47. The third-order valence-electron chi connectivity index (χ3n) is 5.00. The van der Waals surface area contributed by atoms with E-state index < -0.39 is 0 Å². The van der Waals surface area contributed by atoms with Crippen LogP contribution in [0.25, 0.3) is 0 Å². The van der Waals surface area contributed by atoms with Crippen LogP contribution in [0.3, 0.4) is 0 Å². The maximum absolute atomic E-state index is 11.8. The maximum Gasteiger partial charge on any atom is 0.269 e. The van der Waals surface area contributed by atoms with E-state index in [4.69, 9.17) is 0 Å². The fourth-order valence-electron chi connectivity index (χ4n) is 3.91. The average molecular weight is 303 g/mol. The Labute approximate surface area is 131 Å². The first-order valence-electron chi connectivity index (χ1n) is 8.33. The molecule has 0 bridgehead atoms. The molecule has 2 aliphatic rings. The Morgan fingerprint density at radius 3 is 2.82 bits per heavy atom. The van der Waals surface area contributed by atoms with Crippen molar-refractivity contribution in [2.24, 2.45) is 5.92 Å². The molecule has 3 rings (SSSR count). The first kappa shape index (κ1) is 15.3. The van der Waals surface area contributed by atoms with Gasteiger partial charge in [0.25, 0.3) is 5.91 Å². The van der Waals surface area contributed by atoms with E-state index in [0.29, 0.717) is 24.2 Å². The first-order chi connectivity index (χ1) is 10.7. The monoisotopic (exact) mass is 303 g/mol. The van der Waals surface area contributed by atoms with Gasteiger partial charge in [-0.25, -0.2) is 4.98 Å². The minimum Gasteiger partial charge on any atom is -0.391 e. The Hall–Kier alpha value is -1.62. The van der Waals surface area contributed by atoms with Crippen LogP contribution >= 0.6 is 0 Å². The molecule has 1 aromatic heterocycles. The Bertz CT molecular complexity index is 528. The second kappa shape index (κ2) is 6.65. The van der Waals surface area contributed by atoms with E-state index in [1.807, 2.05) is 12.1 Å². The number of nitrogens with zero attached hydrogens (tertiary/aromatic N) is 2. The summed E-state index contributed by atoms with van der Waals surface area (Å²) in [7, 11) is 1.61. The number of β-amino-alcohol motifs (C(OH)–C–C–N with tert-alkyl or cyclic N) is 1. The zero-order chi connectivity index (χ0) is 15.5. The Balaban J connectivity index is 1.83. The molecule has 2 N–H and O–H groups in total. The number of carbonyl (C=O) groups excluding carboxylic acids is 1. The molecule has 0 aromatic carbocycles. The number of pyridine rings is 1. The van der Waals surface area contributed by atoms with Gasteiger partial charge in [-0.2, -0.15) is 0 Å². The Morgan fingerprint density at radius 2 is 2.09 bits per heavy atom. The van der Waals surface area contributed by atoms with E-state index in [-0.39, 0.29) is 12.0 Å². The van der Waals surface area contributed by atoms with Crippen LogP contribution in [0.15, 0.2) is 18.2 Å². The lowest BCUT2D eigenvalue weighted by molar-refractivity contribution is 0.0958. The van der Waals surface area contributed by atoms with E-state index in [1.54, 1.807) is 13.1 Å². The van der Waals surface area contributed by atoms with Crippen LogP contribution < -0.4 is 10.2 Å². The summed E-state index contributed by atoms with van der Waals surface area (Å²) in [5, 5.41) is 12.8. The van der Waals surface area contributed by atoms with Gasteiger partial charge in [-0.3, -0.25) is 4.79 Å². The lowest BCUT2D eigenvalue weighted by atomic mass is 9.83. The van der Waals surface area contributed by atoms with E-state index in [1.165, 1.54) is 32.1 Å². The predicted molar refractivity (Wildman–Crippen MR) is 86.0 cm³/mol. The molecule has 1 aliphatic heterocycles. The molecule has 1 aliphatic carbocycles. The fraction of sp³-hybridized carbons (Fsp3) is 0.647. The highest BCUT2D eigenvalue weighted by molar-refractivity contribution is 5.92. The van der Waals surface area contributed by atoms with Crippen LogP contribution in [0.5, 0.6) is 0 Å². The number of hydrogen-bond acceptors (Lipinski definition) is 4. The molecule has 22 heavy (non-hydrogen) atoms. The van der Waals surface area contributed by atoms with Crippen molar-refractivity contribution in [3.05, 3.63) is 23.9 Å². The molecule has 1 amide bonds. The van der Waals surface area contributed by atoms with Crippen molar-refractivity contribution in [1.29, 1.82) is 0 Å². The third kappa shape index (κ3) is 3.09. The molecular formula is C17H25N3O2. The summed E-state index contributed by atoms with van der Waals surface area (Å²) in [5.74, 6) is 1.28. The topological polar surface area (TPSA) is 65.5 Å². The number of aliphatic hydroxyl groups excluding tert-OH is 1. The number of rotatable bonds is 3. The van der Waals surface area contributed by atoms with Gasteiger partial charge in [-0.15, -0.1) is 0 Å². The van der Waals surface area contributed by atoms with Crippen molar-refractivity contribution >= 4 is 11.7 Å². The van der Waals surface area contributed by atoms with Gasteiger partial charge in [0.1, 0.15) is 11.5 Å². The van der Waals surface area contributed by atoms with Crippen LogP contribution in [-0.2, 0) is 0 Å². The molecule has 2 atom stereocenters. The SMILES string of the molecule is CNC(=O)c1cccc(N2C[C@@H](O)C[C@@H]2C2CCCCC2)n1. The highest BCUT2D eigenvalue weighted by Gasteiger charge is 2.37. The van der Waals surface area contributed by atoms with Gasteiger partial charge in [-0.05, 0) is 37.3 Å². The van der Waals surface area contributed by atoms with Gasteiger partial charge in [0.2, 0.25) is 0 Å². The number of anilines is 1. The van der Waals surface area contributed by atoms with Gasteiger partial charge < -0.3 is 15.3 Å². The highest BCUT2D eigenvalue weighted by atomic mass is 16.3. The summed E-state index contributed by atoms with van der Waals surface area (Å²) >= 11 is 0. The Morgan fingerprint density at radius 1 is 1.32 bits per heavy atom. The van der Waals surface area contributed by atoms with Crippen LogP contribution in [0.2, 0.25) is 0 Å². The summed E-state index contributed by atoms with van der Waals surface area (Å²) in [4.78, 5) is 18.5. The molecule has 1 saturated carbocycles. The summed E-state index contributed by atoms with van der Waals surface area (Å²) in [6, 6.07) is 5.89. The van der Waals surface area contributed by atoms with Crippen LogP contribution in [-0.4, -0.2) is 41.7 Å². The van der Waals surface area contributed by atoms with E-state index in [2.05, 4.69) is 15.2 Å². The van der Waals surface area contributed by atoms with E-state index in [9.17, 15) is 9.90 Å². The zero-order valence-corrected chi connectivity index (χ0v) is 13.2. The highest BCUT2D eigenvalue weighted by Crippen LogP contribution is 2.36. The van der Waals surface area contributed by atoms with Crippen molar-refractivity contribution < 1.29 is 9.90 Å². The number of aliphatic hydroxyl groups is 1. The number of carbonyl (C=O) groups is 1. The smallest absolute Gasteiger partial charge is 0.269 e. The molecule has 2 heterocycles. The first-order valence-corrected chi connectivity index (χ1v) is 8.33. The van der Waals surface area contributed by atoms with Crippen molar-refractivity contribution in [2.75, 3.05) is 18.5 Å². The maximum atomic E-state index is 11.8. The number of nitrogens with one attached hydrogen (secondary N) is 1. The lowest BCUT2D eigenvalue weighted by Crippen LogP contribution is -2.37. The summed E-state index contributed by atoms with van der Waals surface area (Å²) in [5.41, 5.74) is 0.434. The molecule has 2 fully saturated rings. The van der Waals surface area contributed by atoms with E-state index >= 15 is 0 Å². The molecule has 0 spiro atoms. The summed E-state index contributed by atoms with van der Waals surface area (Å²) in [6.07, 6.45) is 6.91. The van der Waals surface area contributed by atoms with Gasteiger partial charge in [0.15, 0.2) is 0 Å². The van der Waals surface area contributed by atoms with Crippen molar-refractivity contribution in [2.45, 2.75) is 50.7 Å². The standard InChI is InChI=1S/C17H25N3O2/c1-18-17(22)14-8-5-9-16(19-14)20-11-13(21)10-15(20)12-6-3-2-4-7-12/h5,8-9,12-13,15,21H,2-4,6-7,10-11H2,1H3,(H,18,22)/t13-,15+/m0/s1. The molecule has 5 nitrogen and oxygen atoms in total. The predicted octanol–water partition coefficient (Wildman–Crippen LogP) is 1.96. The second-order valence-electron chi connectivity index (χ2n) is 6.47. The minimum absolute atomic E-state index is 0.171. The van der Waals surface area contributed by atoms with Gasteiger partial charge in [-0.1, -0.05) is 25.3 Å². The zero-order valence-electron chi connectivity index (χ0n) is 13.2. The van der Waals surface area contributed by atoms with Gasteiger partial charge in [0.05, 0.1) is 6.10 Å². The van der Waals surface area contributed by atoms with Gasteiger partial charge >= 0.3 is 0 Å².